The van der Waals surface area contributed by atoms with Crippen molar-refractivity contribution < 1.29 is 53.5 Å². The van der Waals surface area contributed by atoms with E-state index in [-0.39, 0.29) is 46.8 Å². The monoisotopic (exact) mass is 581 g/mol. The summed E-state index contributed by atoms with van der Waals surface area (Å²) in [7, 11) is 1.32. The molecule has 0 aromatic heterocycles. The molecule has 2 aliphatic carbocycles. The highest BCUT2D eigenvalue weighted by atomic mass is 35.5. The third kappa shape index (κ3) is 4.44. The summed E-state index contributed by atoms with van der Waals surface area (Å²) < 4.78 is 30.3. The molecule has 4 unspecified atom stereocenters. The molecule has 5 N–H and O–H groups in total. The number of aromatic hydroxyl groups is 2. The van der Waals surface area contributed by atoms with Crippen molar-refractivity contribution in [3.63, 3.8) is 0 Å². The first-order valence-corrected chi connectivity index (χ1v) is 12.4. The van der Waals surface area contributed by atoms with Gasteiger partial charge in [-0.3, -0.25) is 14.4 Å². The summed E-state index contributed by atoms with van der Waals surface area (Å²) in [6.45, 7) is 2.65. The lowest BCUT2D eigenvalue weighted by molar-refractivity contribution is -0.252. The Morgan fingerprint density at radius 1 is 1.15 bits per heavy atom. The van der Waals surface area contributed by atoms with Gasteiger partial charge >= 0.3 is 0 Å². The van der Waals surface area contributed by atoms with Crippen LogP contribution in [0.3, 0.4) is 0 Å². The van der Waals surface area contributed by atoms with E-state index in [0.717, 1.165) is 6.92 Å². The third-order valence-corrected chi connectivity index (χ3v) is 7.89. The molecule has 1 aliphatic heterocycles. The highest BCUT2D eigenvalue weighted by Crippen LogP contribution is 2.52. The number of Topliss-reactive ketones (excluding diaryl/α,β-unsaturated/α-hetero) is 1. The summed E-state index contributed by atoms with van der Waals surface area (Å²) in [5.41, 5.74) is -1.87. The van der Waals surface area contributed by atoms with Gasteiger partial charge in [0.1, 0.15) is 22.8 Å². The molecule has 2 aromatic carbocycles. The zero-order valence-corrected chi connectivity index (χ0v) is 22.6. The van der Waals surface area contributed by atoms with Gasteiger partial charge in [0.2, 0.25) is 5.78 Å². The first-order valence-electron chi connectivity index (χ1n) is 12.4. The SMILES string of the molecule is COc1cccc2c1C(=O)c1c(O)c3c(c(O)c1C2=O)C[C@@](O)(C(C)=O)C[C@@H]3OC1CC(NF)C(O)C(C)O1.Cl. The molecule has 3 aliphatic rings. The van der Waals surface area contributed by atoms with E-state index < -0.39 is 89.1 Å². The zero-order valence-electron chi connectivity index (χ0n) is 21.8. The van der Waals surface area contributed by atoms with Gasteiger partial charge in [-0.25, -0.2) is 0 Å². The van der Waals surface area contributed by atoms with E-state index in [0.29, 0.717) is 0 Å². The standard InChI is InChI=1S/C27H28FNO10.ClH/c1-10-22(31)14(29-28)7-17(38-10)39-16-9-27(36,11(2)30)8-13-19(16)26(35)21-20(24(13)33)23(32)12-5-4-6-15(37-3)18(12)25(21)34;/h4-6,10,14,16-17,22,29,31,33,35-36H,7-9H2,1-3H3;1H/t10?,14?,16-,17?,22?,27-;/m0./s1. The Balaban J connectivity index is 0.00000370. The van der Waals surface area contributed by atoms with Gasteiger partial charge in [0.15, 0.2) is 17.9 Å². The van der Waals surface area contributed by atoms with Crippen LogP contribution in [0.2, 0.25) is 0 Å². The molecule has 2 aromatic rings. The molecule has 5 rings (SSSR count). The van der Waals surface area contributed by atoms with Crippen LogP contribution >= 0.6 is 12.4 Å². The fourth-order valence-electron chi connectivity index (χ4n) is 5.73. The maximum Gasteiger partial charge on any atom is 0.202 e. The number of hydrogen-bond acceptors (Lipinski definition) is 11. The van der Waals surface area contributed by atoms with Gasteiger partial charge in [-0.2, -0.15) is 5.54 Å². The number of fused-ring (bicyclic) bond motifs is 3. The quantitative estimate of drug-likeness (QED) is 0.220. The van der Waals surface area contributed by atoms with Gasteiger partial charge < -0.3 is 34.6 Å². The maximum atomic E-state index is 13.6. The lowest BCUT2D eigenvalue weighted by Crippen LogP contribution is -2.52. The van der Waals surface area contributed by atoms with Crippen LogP contribution in [0.25, 0.3) is 0 Å². The molecule has 0 bridgehead atoms. The number of methoxy groups -OCH3 is 1. The Labute approximate surface area is 234 Å². The fourth-order valence-corrected chi connectivity index (χ4v) is 5.73. The number of phenols is 2. The number of carbonyl (C=O) groups excluding carboxylic acids is 3. The van der Waals surface area contributed by atoms with Crippen molar-refractivity contribution in [2.75, 3.05) is 7.11 Å². The molecule has 1 heterocycles. The van der Waals surface area contributed by atoms with E-state index in [1.165, 1.54) is 37.8 Å². The van der Waals surface area contributed by atoms with Gasteiger partial charge in [-0.1, -0.05) is 12.1 Å². The number of carbonyl (C=O) groups is 3. The molecule has 0 amide bonds. The van der Waals surface area contributed by atoms with Crippen molar-refractivity contribution in [1.29, 1.82) is 0 Å². The van der Waals surface area contributed by atoms with Crippen molar-refractivity contribution in [3.05, 3.63) is 51.6 Å². The molecular weight excluding hydrogens is 553 g/mol. The van der Waals surface area contributed by atoms with E-state index in [2.05, 4.69) is 0 Å². The van der Waals surface area contributed by atoms with Crippen LogP contribution in [0.1, 0.15) is 75.8 Å². The van der Waals surface area contributed by atoms with E-state index in [9.17, 15) is 39.3 Å². The maximum absolute atomic E-state index is 13.6. The van der Waals surface area contributed by atoms with Gasteiger partial charge in [0.05, 0.1) is 48.2 Å². The average Bonchev–Trinajstić information content (AvgIpc) is 2.90. The van der Waals surface area contributed by atoms with Gasteiger partial charge in [0.25, 0.3) is 0 Å². The van der Waals surface area contributed by atoms with Crippen LogP contribution in [0.15, 0.2) is 18.2 Å². The number of benzene rings is 2. The molecule has 0 radical (unpaired) electrons. The van der Waals surface area contributed by atoms with Crippen LogP contribution < -0.4 is 10.3 Å². The number of hydrogen-bond donors (Lipinski definition) is 5. The van der Waals surface area contributed by atoms with Crippen LogP contribution in [0.4, 0.5) is 4.48 Å². The lowest BCUT2D eigenvalue weighted by atomic mass is 9.72. The molecule has 1 fully saturated rings. The number of phenolic OH excluding ortho intramolecular Hbond substituents is 2. The highest BCUT2D eigenvalue weighted by molar-refractivity contribution is 6.31. The highest BCUT2D eigenvalue weighted by Gasteiger charge is 2.49. The second-order valence-corrected chi connectivity index (χ2v) is 10.2. The zero-order chi connectivity index (χ0) is 28.4. The molecule has 40 heavy (non-hydrogen) atoms. The number of ketones is 3. The van der Waals surface area contributed by atoms with E-state index in [1.54, 1.807) is 0 Å². The topological polar surface area (TPSA) is 172 Å². The average molecular weight is 582 g/mol. The Morgan fingerprint density at radius 2 is 1.82 bits per heavy atom. The fraction of sp³-hybridized carbons (Fsp3) is 0.444. The first kappa shape index (κ1) is 29.8. The molecule has 0 spiro atoms. The van der Waals surface area contributed by atoms with Crippen LogP contribution in [-0.4, -0.2) is 75.0 Å². The van der Waals surface area contributed by atoms with Crippen LogP contribution in [-0.2, 0) is 20.7 Å². The Hall–Kier alpha value is -3.13. The second kappa shape index (κ2) is 10.7. The minimum Gasteiger partial charge on any atom is -0.507 e. The van der Waals surface area contributed by atoms with E-state index >= 15 is 0 Å². The predicted molar refractivity (Wildman–Crippen MR) is 138 cm³/mol. The summed E-state index contributed by atoms with van der Waals surface area (Å²) >= 11 is 0. The minimum atomic E-state index is -2.06. The van der Waals surface area contributed by atoms with Gasteiger partial charge in [0, 0.05) is 36.0 Å². The molecule has 1 saturated heterocycles. The van der Waals surface area contributed by atoms with Crippen LogP contribution in [0.5, 0.6) is 17.2 Å². The van der Waals surface area contributed by atoms with E-state index in [4.69, 9.17) is 14.2 Å². The van der Waals surface area contributed by atoms with Gasteiger partial charge in [-0.15, -0.1) is 16.9 Å². The molecule has 6 atom stereocenters. The number of halogens is 2. The van der Waals surface area contributed by atoms with Crippen molar-refractivity contribution in [2.24, 2.45) is 0 Å². The summed E-state index contributed by atoms with van der Waals surface area (Å²) in [6.07, 6.45) is -5.58. The summed E-state index contributed by atoms with van der Waals surface area (Å²) in [4.78, 5) is 39.6. The van der Waals surface area contributed by atoms with Crippen LogP contribution in [0, 0.1) is 0 Å². The van der Waals surface area contributed by atoms with Crippen molar-refractivity contribution in [3.8, 4) is 17.2 Å². The van der Waals surface area contributed by atoms with Crippen molar-refractivity contribution >= 4 is 29.8 Å². The number of aliphatic hydroxyl groups excluding tert-OH is 1. The second-order valence-electron chi connectivity index (χ2n) is 10.2. The number of rotatable bonds is 5. The summed E-state index contributed by atoms with van der Waals surface area (Å²) in [5.74, 6) is -3.42. The number of aliphatic hydroxyl groups is 2. The van der Waals surface area contributed by atoms with Crippen molar-refractivity contribution in [2.45, 2.75) is 69.4 Å². The lowest BCUT2D eigenvalue weighted by Gasteiger charge is -2.42. The van der Waals surface area contributed by atoms with Crippen molar-refractivity contribution in [1.82, 2.24) is 5.54 Å². The van der Waals surface area contributed by atoms with Gasteiger partial charge in [-0.05, 0) is 19.9 Å². The number of ether oxygens (including phenoxy) is 3. The first-order chi connectivity index (χ1) is 18.4. The molecule has 13 heteroatoms. The Kier molecular flexibility index (Phi) is 7.98. The summed E-state index contributed by atoms with van der Waals surface area (Å²) in [6, 6.07) is 3.32. The Bertz CT molecular complexity index is 1400. The predicted octanol–water partition coefficient (Wildman–Crippen LogP) is 1.97. The molecule has 216 valence electrons. The minimum absolute atomic E-state index is 0. The molecular formula is C27H29ClFNO10. The van der Waals surface area contributed by atoms with E-state index in [1.807, 2.05) is 0 Å². The smallest absolute Gasteiger partial charge is 0.202 e. The third-order valence-electron chi connectivity index (χ3n) is 7.89. The number of nitrogens with one attached hydrogen (secondary N) is 1. The normalized spacial score (nSPS) is 29.1. The Morgan fingerprint density at radius 3 is 2.45 bits per heavy atom. The molecule has 0 saturated carbocycles. The molecule has 11 nitrogen and oxygen atoms in total. The summed E-state index contributed by atoms with van der Waals surface area (Å²) in [5, 5.41) is 44.1. The largest absolute Gasteiger partial charge is 0.507 e.